The normalized spacial score (nSPS) is 14.7. The average Bonchev–Trinajstić information content (AvgIpc) is 3.37. The van der Waals surface area contributed by atoms with Crippen molar-refractivity contribution in [2.75, 3.05) is 26.0 Å². The SMILES string of the molecule is Cc1[nH]c(C=C2C(=O)Nc3cc(-c4cccs4)ccc32)c(C)c1CCCN(C)C. The predicted molar refractivity (Wildman–Crippen MR) is 123 cm³/mol. The number of aryl methyl sites for hydroxylation is 1. The minimum absolute atomic E-state index is 0.0378. The Morgan fingerprint density at radius 3 is 2.72 bits per heavy atom. The van der Waals surface area contributed by atoms with Crippen LogP contribution >= 0.6 is 11.3 Å². The van der Waals surface area contributed by atoms with E-state index in [0.717, 1.165) is 47.5 Å². The second-order valence-electron chi connectivity index (χ2n) is 7.92. The van der Waals surface area contributed by atoms with Crippen molar-refractivity contribution in [1.29, 1.82) is 0 Å². The van der Waals surface area contributed by atoms with Crippen LogP contribution in [0.25, 0.3) is 22.1 Å². The van der Waals surface area contributed by atoms with Gasteiger partial charge in [-0.2, -0.15) is 0 Å². The van der Waals surface area contributed by atoms with E-state index in [2.05, 4.69) is 72.8 Å². The van der Waals surface area contributed by atoms with Crippen molar-refractivity contribution < 1.29 is 4.79 Å². The molecule has 150 valence electrons. The summed E-state index contributed by atoms with van der Waals surface area (Å²) in [6.07, 6.45) is 4.17. The van der Waals surface area contributed by atoms with Gasteiger partial charge >= 0.3 is 0 Å². The summed E-state index contributed by atoms with van der Waals surface area (Å²) in [5, 5.41) is 5.10. The molecule has 0 unspecified atom stereocenters. The van der Waals surface area contributed by atoms with E-state index >= 15 is 0 Å². The van der Waals surface area contributed by atoms with Crippen molar-refractivity contribution in [2.24, 2.45) is 0 Å². The third-order valence-electron chi connectivity index (χ3n) is 5.56. The molecule has 0 fully saturated rings. The number of carbonyl (C=O) groups excluding carboxylic acids is 1. The van der Waals surface area contributed by atoms with Crippen LogP contribution in [0.4, 0.5) is 5.69 Å². The molecule has 0 bridgehead atoms. The lowest BCUT2D eigenvalue weighted by Gasteiger charge is -2.09. The molecule has 5 heteroatoms. The Morgan fingerprint density at radius 2 is 2.00 bits per heavy atom. The van der Waals surface area contributed by atoms with Crippen molar-refractivity contribution in [3.05, 3.63) is 63.8 Å². The Balaban J connectivity index is 1.64. The topological polar surface area (TPSA) is 48.1 Å². The van der Waals surface area contributed by atoms with Crippen molar-refractivity contribution >= 4 is 34.6 Å². The molecule has 1 aliphatic rings. The molecule has 0 atom stereocenters. The lowest BCUT2D eigenvalue weighted by molar-refractivity contribution is -0.110. The fourth-order valence-electron chi connectivity index (χ4n) is 3.98. The number of nitrogens with zero attached hydrogens (tertiary/aromatic N) is 1. The summed E-state index contributed by atoms with van der Waals surface area (Å²) in [6.45, 7) is 5.34. The van der Waals surface area contributed by atoms with Crippen LogP contribution in [0.1, 0.15) is 34.5 Å². The lowest BCUT2D eigenvalue weighted by atomic mass is 10.0. The van der Waals surface area contributed by atoms with Gasteiger partial charge < -0.3 is 15.2 Å². The number of fused-ring (bicyclic) bond motifs is 1. The van der Waals surface area contributed by atoms with Crippen LogP contribution < -0.4 is 5.32 Å². The summed E-state index contributed by atoms with van der Waals surface area (Å²) in [5.74, 6) is -0.0378. The van der Waals surface area contributed by atoms with E-state index < -0.39 is 0 Å². The first-order valence-electron chi connectivity index (χ1n) is 9.98. The third-order valence-corrected chi connectivity index (χ3v) is 6.48. The van der Waals surface area contributed by atoms with E-state index in [4.69, 9.17) is 0 Å². The Bertz CT molecular complexity index is 1070. The zero-order valence-electron chi connectivity index (χ0n) is 17.4. The number of nitrogens with one attached hydrogen (secondary N) is 2. The van der Waals surface area contributed by atoms with E-state index in [0.29, 0.717) is 0 Å². The number of amides is 1. The van der Waals surface area contributed by atoms with Crippen LogP contribution in [0, 0.1) is 13.8 Å². The Hall–Kier alpha value is -2.63. The number of aromatic amines is 1. The second kappa shape index (κ2) is 8.01. The van der Waals surface area contributed by atoms with Crippen molar-refractivity contribution in [3.8, 4) is 10.4 Å². The Kier molecular flexibility index (Phi) is 5.43. The van der Waals surface area contributed by atoms with Crippen molar-refractivity contribution in [2.45, 2.75) is 26.7 Å². The van der Waals surface area contributed by atoms with Gasteiger partial charge in [0, 0.05) is 27.5 Å². The molecule has 3 aromatic rings. The van der Waals surface area contributed by atoms with Crippen LogP contribution in [0.5, 0.6) is 0 Å². The summed E-state index contributed by atoms with van der Waals surface area (Å²) >= 11 is 1.70. The second-order valence-corrected chi connectivity index (χ2v) is 8.87. The van der Waals surface area contributed by atoms with Gasteiger partial charge in [0.15, 0.2) is 0 Å². The Labute approximate surface area is 176 Å². The zero-order valence-corrected chi connectivity index (χ0v) is 18.2. The number of hydrogen-bond acceptors (Lipinski definition) is 3. The summed E-state index contributed by atoms with van der Waals surface area (Å²) in [7, 11) is 4.21. The standard InChI is InChI=1S/C24H27N3OS/c1-15-18(7-5-11-27(3)4)16(2)25-21(15)14-20-19-10-9-17(23-8-6-12-29-23)13-22(19)26-24(20)28/h6,8-10,12-14,25H,5,7,11H2,1-4H3,(H,26,28). The van der Waals surface area contributed by atoms with E-state index in [-0.39, 0.29) is 5.91 Å². The van der Waals surface area contributed by atoms with Crippen LogP contribution in [-0.4, -0.2) is 36.4 Å². The quantitative estimate of drug-likeness (QED) is 0.543. The number of H-pyrrole nitrogens is 1. The van der Waals surface area contributed by atoms with Gasteiger partial charge in [0.1, 0.15) is 0 Å². The highest BCUT2D eigenvalue weighted by atomic mass is 32.1. The van der Waals surface area contributed by atoms with E-state index in [9.17, 15) is 4.79 Å². The highest BCUT2D eigenvalue weighted by Gasteiger charge is 2.25. The fraction of sp³-hybridized carbons (Fsp3) is 0.292. The highest BCUT2D eigenvalue weighted by molar-refractivity contribution is 7.13. The van der Waals surface area contributed by atoms with Gasteiger partial charge in [0.2, 0.25) is 0 Å². The van der Waals surface area contributed by atoms with Gasteiger partial charge in [-0.15, -0.1) is 11.3 Å². The number of aromatic nitrogens is 1. The number of anilines is 1. The van der Waals surface area contributed by atoms with Crippen LogP contribution in [0.2, 0.25) is 0 Å². The maximum atomic E-state index is 12.7. The monoisotopic (exact) mass is 405 g/mol. The third kappa shape index (κ3) is 3.93. The molecular formula is C24H27N3OS. The largest absolute Gasteiger partial charge is 0.359 e. The zero-order chi connectivity index (χ0) is 20.5. The molecule has 1 amide bonds. The molecule has 0 saturated heterocycles. The van der Waals surface area contributed by atoms with Gasteiger partial charge in [0.25, 0.3) is 5.91 Å². The van der Waals surface area contributed by atoms with Gasteiger partial charge in [-0.05, 0) is 87.6 Å². The summed E-state index contributed by atoms with van der Waals surface area (Å²) in [5.41, 5.74) is 8.55. The van der Waals surface area contributed by atoms with Crippen LogP contribution in [0.3, 0.4) is 0 Å². The first kappa shape index (κ1) is 19.7. The van der Waals surface area contributed by atoms with E-state index in [1.54, 1.807) is 11.3 Å². The molecule has 4 nitrogen and oxygen atoms in total. The average molecular weight is 406 g/mol. The smallest absolute Gasteiger partial charge is 0.256 e. The molecular weight excluding hydrogens is 378 g/mol. The molecule has 0 saturated carbocycles. The predicted octanol–water partition coefficient (Wildman–Crippen LogP) is 5.35. The maximum absolute atomic E-state index is 12.7. The van der Waals surface area contributed by atoms with Crippen LogP contribution in [-0.2, 0) is 11.2 Å². The molecule has 0 radical (unpaired) electrons. The molecule has 4 rings (SSSR count). The Morgan fingerprint density at radius 1 is 1.17 bits per heavy atom. The van der Waals surface area contributed by atoms with E-state index in [1.807, 2.05) is 12.1 Å². The van der Waals surface area contributed by atoms with Gasteiger partial charge in [0.05, 0.1) is 5.57 Å². The molecule has 29 heavy (non-hydrogen) atoms. The minimum Gasteiger partial charge on any atom is -0.359 e. The number of hydrogen-bond donors (Lipinski definition) is 2. The molecule has 1 aromatic carbocycles. The van der Waals surface area contributed by atoms with Gasteiger partial charge in [-0.3, -0.25) is 4.79 Å². The van der Waals surface area contributed by atoms with Gasteiger partial charge in [-0.1, -0.05) is 18.2 Å². The number of carbonyl (C=O) groups is 1. The minimum atomic E-state index is -0.0378. The number of benzene rings is 1. The van der Waals surface area contributed by atoms with Crippen molar-refractivity contribution in [1.82, 2.24) is 9.88 Å². The maximum Gasteiger partial charge on any atom is 0.256 e. The van der Waals surface area contributed by atoms with E-state index in [1.165, 1.54) is 21.7 Å². The van der Waals surface area contributed by atoms with Crippen molar-refractivity contribution in [3.63, 3.8) is 0 Å². The molecule has 0 aliphatic carbocycles. The van der Waals surface area contributed by atoms with Gasteiger partial charge in [-0.25, -0.2) is 0 Å². The summed E-state index contributed by atoms with van der Waals surface area (Å²) < 4.78 is 0. The molecule has 2 aromatic heterocycles. The molecule has 2 N–H and O–H groups in total. The number of rotatable bonds is 6. The number of thiophene rings is 1. The fourth-order valence-corrected chi connectivity index (χ4v) is 4.71. The summed E-state index contributed by atoms with van der Waals surface area (Å²) in [4.78, 5) is 19.6. The molecule has 3 heterocycles. The first-order chi connectivity index (χ1) is 13.9. The molecule has 0 spiro atoms. The first-order valence-corrected chi connectivity index (χ1v) is 10.9. The molecule has 1 aliphatic heterocycles. The highest BCUT2D eigenvalue weighted by Crippen LogP contribution is 2.37. The van der Waals surface area contributed by atoms with Crippen LogP contribution in [0.15, 0.2) is 35.7 Å². The lowest BCUT2D eigenvalue weighted by Crippen LogP contribution is -2.13. The summed E-state index contributed by atoms with van der Waals surface area (Å²) in [6, 6.07) is 10.4.